The molecule has 7 heavy (non-hydrogen) atoms. The van der Waals surface area contributed by atoms with Gasteiger partial charge in [0.05, 0.1) is 0 Å². The lowest BCUT2D eigenvalue weighted by atomic mass is 10.7. The summed E-state index contributed by atoms with van der Waals surface area (Å²) in [6.07, 6.45) is 3.56. The molecule has 0 aliphatic carbocycles. The fourth-order valence-corrected chi connectivity index (χ4v) is 0.819. The normalized spacial score (nSPS) is 29.4. The van der Waals surface area contributed by atoms with Crippen LogP contribution in [-0.4, -0.2) is 6.16 Å². The molecule has 0 aromatic heterocycles. The fraction of sp³-hybridized carbons (Fsp3) is 0.333. The molecule has 3 nitrogen and oxygen atoms in total. The van der Waals surface area contributed by atoms with Crippen LogP contribution in [-0.2, 0) is 14.1 Å². The Morgan fingerprint density at radius 1 is 1.71 bits per heavy atom. The summed E-state index contributed by atoms with van der Waals surface area (Å²) in [5, 5.41) is 0. The lowest BCUT2D eigenvalue weighted by molar-refractivity contribution is -0.145. The topological polar surface area (TPSA) is 35.5 Å². The second-order valence-electron chi connectivity index (χ2n) is 1.13. The van der Waals surface area contributed by atoms with E-state index in [1.807, 2.05) is 0 Å². The highest BCUT2D eigenvalue weighted by molar-refractivity contribution is 7.39. The van der Waals surface area contributed by atoms with Crippen LogP contribution in [0.4, 0.5) is 0 Å². The SMILES string of the molecule is O=[PH]1CC=COO1. The minimum absolute atomic E-state index is 0.505. The van der Waals surface area contributed by atoms with Crippen molar-refractivity contribution in [1.82, 2.24) is 0 Å². The van der Waals surface area contributed by atoms with Crippen molar-refractivity contribution >= 4 is 8.03 Å². The van der Waals surface area contributed by atoms with Gasteiger partial charge in [0.1, 0.15) is 6.26 Å². The maximum Gasteiger partial charge on any atom is 0.241 e. The lowest BCUT2D eigenvalue weighted by Gasteiger charge is -2.01. The van der Waals surface area contributed by atoms with Crippen LogP contribution in [0.15, 0.2) is 12.3 Å². The predicted molar refractivity (Wildman–Crippen MR) is 25.2 cm³/mol. The minimum Gasteiger partial charge on any atom is -0.340 e. The van der Waals surface area contributed by atoms with E-state index in [1.165, 1.54) is 6.26 Å². The van der Waals surface area contributed by atoms with Crippen LogP contribution < -0.4 is 0 Å². The van der Waals surface area contributed by atoms with Gasteiger partial charge in [-0.1, -0.05) is 0 Å². The molecule has 0 amide bonds. The minimum atomic E-state index is -1.85. The summed E-state index contributed by atoms with van der Waals surface area (Å²) < 4.78 is 14.5. The molecule has 40 valence electrons. The molecule has 1 unspecified atom stereocenters. The quantitative estimate of drug-likeness (QED) is 0.352. The van der Waals surface area contributed by atoms with E-state index in [-0.39, 0.29) is 0 Å². The summed E-state index contributed by atoms with van der Waals surface area (Å²) in [6.45, 7) is 0. The van der Waals surface area contributed by atoms with Crippen LogP contribution >= 0.6 is 8.03 Å². The number of rotatable bonds is 0. The van der Waals surface area contributed by atoms with Crippen molar-refractivity contribution in [1.29, 1.82) is 0 Å². The zero-order valence-corrected chi connectivity index (χ0v) is 4.59. The highest BCUT2D eigenvalue weighted by atomic mass is 31.1. The first-order valence-corrected chi connectivity index (χ1v) is 3.43. The van der Waals surface area contributed by atoms with Crippen LogP contribution in [0.25, 0.3) is 0 Å². The van der Waals surface area contributed by atoms with Crippen molar-refractivity contribution in [3.05, 3.63) is 12.3 Å². The molecule has 1 aliphatic heterocycles. The van der Waals surface area contributed by atoms with E-state index in [9.17, 15) is 4.57 Å². The van der Waals surface area contributed by atoms with Crippen molar-refractivity contribution < 1.29 is 14.1 Å². The van der Waals surface area contributed by atoms with Gasteiger partial charge in [-0.2, -0.15) is 0 Å². The molecule has 1 atom stereocenters. The fourth-order valence-electron chi connectivity index (χ4n) is 0.299. The zero-order valence-electron chi connectivity index (χ0n) is 3.59. The Balaban J connectivity index is 2.47. The van der Waals surface area contributed by atoms with Crippen LogP contribution in [0.3, 0.4) is 0 Å². The highest BCUT2D eigenvalue weighted by Gasteiger charge is 1.99. The third kappa shape index (κ3) is 1.33. The maximum absolute atomic E-state index is 10.2. The molecule has 0 radical (unpaired) electrons. The summed E-state index contributed by atoms with van der Waals surface area (Å²) in [7, 11) is -1.85. The van der Waals surface area contributed by atoms with E-state index in [1.54, 1.807) is 6.08 Å². The van der Waals surface area contributed by atoms with Crippen LogP contribution in [0.1, 0.15) is 0 Å². The van der Waals surface area contributed by atoms with Crippen molar-refractivity contribution in [3.8, 4) is 0 Å². The summed E-state index contributed by atoms with van der Waals surface area (Å²) in [6, 6.07) is 0. The first-order valence-electron chi connectivity index (χ1n) is 1.91. The average molecular weight is 120 g/mol. The van der Waals surface area contributed by atoms with Gasteiger partial charge in [-0.3, -0.25) is 4.57 Å². The van der Waals surface area contributed by atoms with Crippen molar-refractivity contribution in [2.75, 3.05) is 6.16 Å². The third-order valence-corrected chi connectivity index (χ3v) is 1.43. The van der Waals surface area contributed by atoms with Gasteiger partial charge in [0.15, 0.2) is 0 Å². The molecule has 0 fully saturated rings. The van der Waals surface area contributed by atoms with Gasteiger partial charge in [-0.25, -0.2) is 0 Å². The van der Waals surface area contributed by atoms with E-state index in [0.29, 0.717) is 6.16 Å². The van der Waals surface area contributed by atoms with Gasteiger partial charge >= 0.3 is 0 Å². The molecule has 0 aromatic rings. The van der Waals surface area contributed by atoms with Crippen molar-refractivity contribution in [3.63, 3.8) is 0 Å². The first-order chi connectivity index (χ1) is 3.39. The maximum atomic E-state index is 10.2. The molecule has 1 aliphatic rings. The number of allylic oxidation sites excluding steroid dienone is 1. The molecule has 0 aromatic carbocycles. The molecule has 0 saturated carbocycles. The molecule has 1 heterocycles. The van der Waals surface area contributed by atoms with Crippen LogP contribution in [0, 0.1) is 0 Å². The first kappa shape index (κ1) is 4.88. The van der Waals surface area contributed by atoms with Gasteiger partial charge in [0.25, 0.3) is 0 Å². The molecule has 0 spiro atoms. The number of hydrogen-bond acceptors (Lipinski definition) is 3. The Morgan fingerprint density at radius 3 is 2.86 bits per heavy atom. The average Bonchev–Trinajstić information content (AvgIpc) is 1.69. The van der Waals surface area contributed by atoms with Gasteiger partial charge in [0.2, 0.25) is 8.03 Å². The molecular weight excluding hydrogens is 115 g/mol. The summed E-state index contributed by atoms with van der Waals surface area (Å²) in [5.74, 6) is 0. The second kappa shape index (κ2) is 2.15. The monoisotopic (exact) mass is 120 g/mol. The largest absolute Gasteiger partial charge is 0.340 e. The van der Waals surface area contributed by atoms with Gasteiger partial charge in [-0.05, 0) is 6.08 Å². The van der Waals surface area contributed by atoms with Gasteiger partial charge < -0.3 is 4.89 Å². The summed E-state index contributed by atoms with van der Waals surface area (Å²) in [4.78, 5) is 4.23. The van der Waals surface area contributed by atoms with Gasteiger partial charge in [0, 0.05) is 6.16 Å². The molecule has 0 N–H and O–H groups in total. The van der Waals surface area contributed by atoms with Crippen molar-refractivity contribution in [2.45, 2.75) is 0 Å². The van der Waals surface area contributed by atoms with E-state index in [0.717, 1.165) is 0 Å². The Morgan fingerprint density at radius 2 is 2.57 bits per heavy atom. The molecule has 0 saturated heterocycles. The van der Waals surface area contributed by atoms with E-state index in [2.05, 4.69) is 9.56 Å². The third-order valence-electron chi connectivity index (χ3n) is 0.577. The van der Waals surface area contributed by atoms with E-state index >= 15 is 0 Å². The van der Waals surface area contributed by atoms with Crippen LogP contribution in [0.5, 0.6) is 0 Å². The lowest BCUT2D eigenvalue weighted by Crippen LogP contribution is -1.85. The van der Waals surface area contributed by atoms with E-state index < -0.39 is 8.03 Å². The molecular formula is C3H5O3P. The Kier molecular flexibility index (Phi) is 1.50. The second-order valence-corrected chi connectivity index (χ2v) is 2.45. The molecule has 1 rings (SSSR count). The zero-order chi connectivity index (χ0) is 5.11. The predicted octanol–water partition coefficient (Wildman–Crippen LogP) is 0.937. The summed E-state index contributed by atoms with van der Waals surface area (Å²) in [5.41, 5.74) is 0. The van der Waals surface area contributed by atoms with Gasteiger partial charge in [-0.15, -0.1) is 4.67 Å². The smallest absolute Gasteiger partial charge is 0.241 e. The van der Waals surface area contributed by atoms with Crippen LogP contribution in [0.2, 0.25) is 0 Å². The Labute approximate surface area is 41.7 Å². The summed E-state index contributed by atoms with van der Waals surface area (Å²) >= 11 is 0. The Bertz CT molecular complexity index is 109. The van der Waals surface area contributed by atoms with E-state index in [4.69, 9.17) is 0 Å². The van der Waals surface area contributed by atoms with Crippen molar-refractivity contribution in [2.24, 2.45) is 0 Å². The Hall–Kier alpha value is -0.270. The molecule has 4 heteroatoms. The highest BCUT2D eigenvalue weighted by Crippen LogP contribution is 2.25. The number of hydrogen-bond donors (Lipinski definition) is 0. The molecule has 0 bridgehead atoms. The standard InChI is InChI=1S/C3H5O3P/c4-7-3-1-2-5-6-7/h1-2,7H,3H2.